The summed E-state index contributed by atoms with van der Waals surface area (Å²) >= 11 is 1.69. The number of likely N-dealkylation sites (tertiary alicyclic amines) is 1. The third kappa shape index (κ3) is 3.06. The molecule has 3 aliphatic heterocycles. The van der Waals surface area contributed by atoms with E-state index in [-0.39, 0.29) is 11.3 Å². The highest BCUT2D eigenvalue weighted by atomic mass is 32.1. The second-order valence-electron chi connectivity index (χ2n) is 9.88. The van der Waals surface area contributed by atoms with Crippen LogP contribution in [0.25, 0.3) is 10.2 Å². The van der Waals surface area contributed by atoms with Gasteiger partial charge in [-0.25, -0.2) is 9.97 Å². The number of nitrogens with zero attached hydrogens (tertiary/aromatic N) is 4. The lowest BCUT2D eigenvalue weighted by molar-refractivity contribution is -0.197. The van der Waals surface area contributed by atoms with E-state index in [0.29, 0.717) is 12.5 Å². The van der Waals surface area contributed by atoms with Crippen LogP contribution in [0.3, 0.4) is 0 Å². The van der Waals surface area contributed by atoms with E-state index in [0.717, 1.165) is 84.2 Å². The number of rotatable bonds is 4. The SMILES string of the molecule is COc1cc2c(cc1Nc1ncnc3sc4c(c13)CC[C@H](C(=O)N1CC3(COC3)C1)C4)C=NC2. The second kappa shape index (κ2) is 7.48. The monoisotopic (exact) mass is 475 g/mol. The summed E-state index contributed by atoms with van der Waals surface area (Å²) < 4.78 is 11.0. The van der Waals surface area contributed by atoms with Gasteiger partial charge in [-0.05, 0) is 48.1 Å². The maximum absolute atomic E-state index is 13.1. The van der Waals surface area contributed by atoms with Crippen molar-refractivity contribution in [3.63, 3.8) is 0 Å². The quantitative estimate of drug-likeness (QED) is 0.623. The molecule has 0 unspecified atom stereocenters. The summed E-state index contributed by atoms with van der Waals surface area (Å²) in [5.74, 6) is 1.92. The summed E-state index contributed by atoms with van der Waals surface area (Å²) in [7, 11) is 1.68. The summed E-state index contributed by atoms with van der Waals surface area (Å²) in [6, 6.07) is 4.11. The molecule has 3 aromatic rings. The van der Waals surface area contributed by atoms with Crippen LogP contribution in [0.1, 0.15) is 28.0 Å². The Morgan fingerprint density at radius 1 is 1.29 bits per heavy atom. The molecule has 0 bridgehead atoms. The van der Waals surface area contributed by atoms with Gasteiger partial charge in [-0.2, -0.15) is 0 Å². The fourth-order valence-corrected chi connectivity index (χ4v) is 6.97. The standard InChI is InChI=1S/C25H25N5O3S/c1-32-19-5-16-8-26-7-15(16)4-18(19)29-22-21-17-3-2-14(6-20(17)34-23(21)28-13-27-22)24(31)30-9-25(10-30)11-33-12-25/h4-5,7,13-14H,2-3,6,8-12H2,1H3,(H,27,28,29)/t14-/m0/s1. The number of methoxy groups -OCH3 is 1. The van der Waals surface area contributed by atoms with Gasteiger partial charge in [-0.1, -0.05) is 0 Å². The van der Waals surface area contributed by atoms with Crippen molar-refractivity contribution in [2.75, 3.05) is 38.7 Å². The van der Waals surface area contributed by atoms with Crippen LogP contribution in [-0.4, -0.2) is 60.4 Å². The van der Waals surface area contributed by atoms with Crippen LogP contribution < -0.4 is 10.1 Å². The Kier molecular flexibility index (Phi) is 4.48. The molecular formula is C25H25N5O3S. The third-order valence-electron chi connectivity index (χ3n) is 7.58. The molecule has 1 atom stereocenters. The normalized spacial score (nSPS) is 21.7. The first kappa shape index (κ1) is 20.3. The first-order valence-electron chi connectivity index (χ1n) is 11.7. The number of benzene rings is 1. The Hall–Kier alpha value is -3.04. The number of aliphatic imine (C=N–C) groups is 1. The molecule has 34 heavy (non-hydrogen) atoms. The van der Waals surface area contributed by atoms with Gasteiger partial charge < -0.3 is 19.7 Å². The van der Waals surface area contributed by atoms with Crippen LogP contribution in [0.2, 0.25) is 0 Å². The van der Waals surface area contributed by atoms with E-state index >= 15 is 0 Å². The van der Waals surface area contributed by atoms with Crippen LogP contribution in [0.4, 0.5) is 11.5 Å². The van der Waals surface area contributed by atoms with Crippen molar-refractivity contribution < 1.29 is 14.3 Å². The Morgan fingerprint density at radius 2 is 2.18 bits per heavy atom. The van der Waals surface area contributed by atoms with Gasteiger partial charge in [-0.3, -0.25) is 9.79 Å². The zero-order chi connectivity index (χ0) is 22.9. The van der Waals surface area contributed by atoms with Crippen molar-refractivity contribution in [3.8, 4) is 5.75 Å². The number of thiophene rings is 1. The van der Waals surface area contributed by atoms with Crippen molar-refractivity contribution in [2.24, 2.45) is 16.3 Å². The maximum atomic E-state index is 13.1. The van der Waals surface area contributed by atoms with Gasteiger partial charge in [-0.15, -0.1) is 11.3 Å². The van der Waals surface area contributed by atoms with Crippen LogP contribution in [0.15, 0.2) is 23.5 Å². The molecule has 5 heterocycles. The second-order valence-corrected chi connectivity index (χ2v) is 11.0. The van der Waals surface area contributed by atoms with E-state index in [4.69, 9.17) is 9.47 Å². The number of hydrogen-bond donors (Lipinski definition) is 1. The van der Waals surface area contributed by atoms with E-state index in [1.807, 2.05) is 17.2 Å². The van der Waals surface area contributed by atoms with Gasteiger partial charge in [0.15, 0.2) is 0 Å². The van der Waals surface area contributed by atoms with Crippen LogP contribution >= 0.6 is 11.3 Å². The molecule has 0 radical (unpaired) electrons. The van der Waals surface area contributed by atoms with Crippen LogP contribution in [0, 0.1) is 11.3 Å². The van der Waals surface area contributed by atoms with Crippen molar-refractivity contribution in [3.05, 3.63) is 40.0 Å². The molecule has 1 amide bonds. The lowest BCUT2D eigenvalue weighted by Gasteiger charge is -2.55. The van der Waals surface area contributed by atoms with Crippen molar-refractivity contribution in [1.29, 1.82) is 0 Å². The highest BCUT2D eigenvalue weighted by Gasteiger charge is 2.51. The largest absolute Gasteiger partial charge is 0.495 e. The third-order valence-corrected chi connectivity index (χ3v) is 8.74. The first-order valence-corrected chi connectivity index (χ1v) is 12.5. The lowest BCUT2D eigenvalue weighted by atomic mass is 9.76. The number of anilines is 2. The summed E-state index contributed by atoms with van der Waals surface area (Å²) in [6.07, 6.45) is 6.02. The predicted molar refractivity (Wildman–Crippen MR) is 130 cm³/mol. The highest BCUT2D eigenvalue weighted by Crippen LogP contribution is 2.43. The Labute approximate surface area is 201 Å². The van der Waals surface area contributed by atoms with Gasteiger partial charge in [0.2, 0.25) is 5.91 Å². The molecule has 2 aromatic heterocycles. The average molecular weight is 476 g/mol. The van der Waals surface area contributed by atoms with Gasteiger partial charge in [0.05, 0.1) is 43.4 Å². The zero-order valence-electron chi connectivity index (χ0n) is 19.0. The van der Waals surface area contributed by atoms with E-state index in [1.165, 1.54) is 10.4 Å². The number of aromatic nitrogens is 2. The van der Waals surface area contributed by atoms with Crippen molar-refractivity contribution >= 4 is 45.2 Å². The molecule has 2 saturated heterocycles. The smallest absolute Gasteiger partial charge is 0.226 e. The molecular weight excluding hydrogens is 450 g/mol. The topological polar surface area (TPSA) is 88.9 Å². The lowest BCUT2D eigenvalue weighted by Crippen LogP contribution is -2.68. The molecule has 1 aliphatic carbocycles. The summed E-state index contributed by atoms with van der Waals surface area (Å²) in [6.45, 7) is 4.01. The molecule has 174 valence electrons. The molecule has 9 heteroatoms. The molecule has 2 fully saturated rings. The molecule has 1 aromatic carbocycles. The first-order chi connectivity index (χ1) is 16.6. The minimum absolute atomic E-state index is 0.0550. The molecule has 8 nitrogen and oxygen atoms in total. The molecule has 0 saturated carbocycles. The van der Waals surface area contributed by atoms with Crippen molar-refractivity contribution in [2.45, 2.75) is 25.8 Å². The summed E-state index contributed by atoms with van der Waals surface area (Å²) in [5.41, 5.74) is 4.67. The summed E-state index contributed by atoms with van der Waals surface area (Å²) in [4.78, 5) is 30.9. The molecule has 7 rings (SSSR count). The van der Waals surface area contributed by atoms with Gasteiger partial charge in [0.25, 0.3) is 0 Å². The molecule has 4 aliphatic rings. The number of nitrogens with one attached hydrogen (secondary N) is 1. The number of carbonyl (C=O) groups is 1. The van der Waals surface area contributed by atoms with Crippen LogP contribution in [-0.2, 0) is 28.9 Å². The molecule has 1 spiro atoms. The number of aryl methyl sites for hydroxylation is 1. The van der Waals surface area contributed by atoms with E-state index in [2.05, 4.69) is 26.3 Å². The zero-order valence-corrected chi connectivity index (χ0v) is 19.8. The van der Waals surface area contributed by atoms with Crippen molar-refractivity contribution in [1.82, 2.24) is 14.9 Å². The highest BCUT2D eigenvalue weighted by molar-refractivity contribution is 7.19. The van der Waals surface area contributed by atoms with Crippen LogP contribution in [0.5, 0.6) is 5.75 Å². The maximum Gasteiger partial charge on any atom is 0.226 e. The average Bonchev–Trinajstić information content (AvgIpc) is 3.40. The van der Waals surface area contributed by atoms with Gasteiger partial charge in [0, 0.05) is 30.1 Å². The predicted octanol–water partition coefficient (Wildman–Crippen LogP) is 3.34. The fourth-order valence-electron chi connectivity index (χ4n) is 5.70. The van der Waals surface area contributed by atoms with Gasteiger partial charge >= 0.3 is 0 Å². The number of hydrogen-bond acceptors (Lipinski definition) is 8. The Bertz CT molecular complexity index is 1350. The number of carbonyl (C=O) groups excluding carboxylic acids is 1. The minimum Gasteiger partial charge on any atom is -0.495 e. The fraction of sp³-hybridized carbons (Fsp3) is 0.440. The Balaban J connectivity index is 1.17. The number of fused-ring (bicyclic) bond motifs is 4. The van der Waals surface area contributed by atoms with E-state index in [1.54, 1.807) is 24.8 Å². The number of amides is 1. The van der Waals surface area contributed by atoms with Gasteiger partial charge in [0.1, 0.15) is 22.7 Å². The summed E-state index contributed by atoms with van der Waals surface area (Å²) in [5, 5.41) is 4.58. The molecule has 1 N–H and O–H groups in total. The Morgan fingerprint density at radius 3 is 2.97 bits per heavy atom. The minimum atomic E-state index is 0.0550. The number of ether oxygens (including phenoxy) is 2. The van der Waals surface area contributed by atoms with E-state index < -0.39 is 0 Å². The van der Waals surface area contributed by atoms with E-state index in [9.17, 15) is 4.79 Å².